The predicted molar refractivity (Wildman–Crippen MR) is 60.1 cm³/mol. The summed E-state index contributed by atoms with van der Waals surface area (Å²) in [6.07, 6.45) is 2.05. The van der Waals surface area contributed by atoms with Gasteiger partial charge in [-0.15, -0.1) is 0 Å². The lowest BCUT2D eigenvalue weighted by Gasteiger charge is -2.15. The molecular weight excluding hydrogens is 210 g/mol. The number of hydrogen-bond donors (Lipinski definition) is 2. The fourth-order valence-corrected chi connectivity index (χ4v) is 1.40. The van der Waals surface area contributed by atoms with E-state index < -0.39 is 11.9 Å². The van der Waals surface area contributed by atoms with Crippen LogP contribution in [-0.4, -0.2) is 36.1 Å². The summed E-state index contributed by atoms with van der Waals surface area (Å²) in [5.41, 5.74) is 5.56. The number of carboxylic acids is 1. The minimum atomic E-state index is -0.848. The van der Waals surface area contributed by atoms with Gasteiger partial charge in [-0.1, -0.05) is 6.42 Å². The molecule has 0 aliphatic rings. The Balaban J connectivity index is 3.56. The minimum Gasteiger partial charge on any atom is -0.481 e. The van der Waals surface area contributed by atoms with E-state index in [1.807, 2.05) is 0 Å². The Morgan fingerprint density at radius 1 is 1.38 bits per heavy atom. The molecule has 0 aromatic carbocycles. The maximum Gasteiger partial charge on any atom is 0.308 e. The minimum absolute atomic E-state index is 0.000932. The Bertz CT molecular complexity index is 228. The lowest BCUT2D eigenvalue weighted by atomic mass is 9.96. The fourth-order valence-electron chi connectivity index (χ4n) is 1.40. The molecule has 16 heavy (non-hydrogen) atoms. The molecule has 2 atom stereocenters. The van der Waals surface area contributed by atoms with Crippen LogP contribution in [0.5, 0.6) is 0 Å². The van der Waals surface area contributed by atoms with Crippen LogP contribution in [0, 0.1) is 5.92 Å². The molecule has 5 nitrogen and oxygen atoms in total. The highest BCUT2D eigenvalue weighted by atomic mass is 16.5. The zero-order valence-electron chi connectivity index (χ0n) is 9.94. The first kappa shape index (κ1) is 15.1. The van der Waals surface area contributed by atoms with Crippen LogP contribution in [0.4, 0.5) is 0 Å². The van der Waals surface area contributed by atoms with E-state index in [-0.39, 0.29) is 18.4 Å². The summed E-state index contributed by atoms with van der Waals surface area (Å²) in [7, 11) is 0. The van der Waals surface area contributed by atoms with Crippen molar-refractivity contribution in [3.8, 4) is 0 Å². The number of Topliss-reactive ketones (excluding diaryl/α,β-unsaturated/α-hetero) is 1. The maximum atomic E-state index is 10.8. The molecule has 0 fully saturated rings. The second-order valence-corrected chi connectivity index (χ2v) is 4.05. The highest BCUT2D eigenvalue weighted by Crippen LogP contribution is 2.12. The van der Waals surface area contributed by atoms with Crippen LogP contribution in [0.15, 0.2) is 0 Å². The smallest absolute Gasteiger partial charge is 0.308 e. The standard InChI is InChI=1S/C11H21NO4/c1-8(13)7-16-6-4-3-5-10(9(2)12)11(14)15/h9-10H,3-7,12H2,1-2H3,(H,14,15). The van der Waals surface area contributed by atoms with Crippen LogP contribution in [0.1, 0.15) is 33.1 Å². The summed E-state index contributed by atoms with van der Waals surface area (Å²) in [5.74, 6) is -1.34. The Kier molecular flexibility index (Phi) is 7.76. The van der Waals surface area contributed by atoms with Crippen molar-refractivity contribution in [2.24, 2.45) is 11.7 Å². The molecule has 0 rings (SSSR count). The van der Waals surface area contributed by atoms with Crippen molar-refractivity contribution in [3.63, 3.8) is 0 Å². The lowest BCUT2D eigenvalue weighted by molar-refractivity contribution is -0.142. The number of hydrogen-bond acceptors (Lipinski definition) is 4. The third-order valence-electron chi connectivity index (χ3n) is 2.31. The number of carboxylic acid groups (broad SMARTS) is 1. The van der Waals surface area contributed by atoms with Gasteiger partial charge in [0.1, 0.15) is 6.61 Å². The number of rotatable bonds is 9. The summed E-state index contributed by atoms with van der Waals surface area (Å²) in [5, 5.41) is 8.86. The van der Waals surface area contributed by atoms with Gasteiger partial charge in [0.25, 0.3) is 0 Å². The van der Waals surface area contributed by atoms with E-state index >= 15 is 0 Å². The van der Waals surface area contributed by atoms with Crippen LogP contribution in [0.2, 0.25) is 0 Å². The lowest BCUT2D eigenvalue weighted by Crippen LogP contribution is -2.32. The van der Waals surface area contributed by atoms with E-state index in [1.165, 1.54) is 6.92 Å². The van der Waals surface area contributed by atoms with Crippen LogP contribution in [0.25, 0.3) is 0 Å². The normalized spacial score (nSPS) is 14.4. The largest absolute Gasteiger partial charge is 0.481 e. The second kappa shape index (κ2) is 8.24. The van der Waals surface area contributed by atoms with Gasteiger partial charge in [0.15, 0.2) is 5.78 Å². The fraction of sp³-hybridized carbons (Fsp3) is 0.818. The Hall–Kier alpha value is -0.940. The number of carbonyl (C=O) groups excluding carboxylic acids is 1. The summed E-state index contributed by atoms with van der Waals surface area (Å²) in [6, 6.07) is -0.337. The summed E-state index contributed by atoms with van der Waals surface area (Å²) in [6.45, 7) is 3.79. The molecule has 0 aromatic rings. The molecule has 5 heteroatoms. The molecule has 0 saturated heterocycles. The first-order valence-corrected chi connectivity index (χ1v) is 5.50. The number of ether oxygens (including phenoxy) is 1. The number of unbranched alkanes of at least 4 members (excludes halogenated alkanes) is 1. The average molecular weight is 231 g/mol. The molecule has 0 radical (unpaired) electrons. The van der Waals surface area contributed by atoms with Gasteiger partial charge in [-0.3, -0.25) is 9.59 Å². The number of ketones is 1. The predicted octanol–water partition coefficient (Wildman–Crippen LogP) is 0.810. The van der Waals surface area contributed by atoms with E-state index in [4.69, 9.17) is 15.6 Å². The molecule has 94 valence electrons. The molecule has 2 unspecified atom stereocenters. The molecule has 0 heterocycles. The second-order valence-electron chi connectivity index (χ2n) is 4.05. The highest BCUT2D eigenvalue weighted by molar-refractivity contribution is 5.76. The Labute approximate surface area is 96.0 Å². The van der Waals surface area contributed by atoms with Crippen LogP contribution < -0.4 is 5.73 Å². The Morgan fingerprint density at radius 2 is 2.00 bits per heavy atom. The van der Waals surface area contributed by atoms with Gasteiger partial charge in [0.2, 0.25) is 0 Å². The van der Waals surface area contributed by atoms with Crippen LogP contribution in [0.3, 0.4) is 0 Å². The molecule has 0 saturated carbocycles. The molecule has 0 spiro atoms. The highest BCUT2D eigenvalue weighted by Gasteiger charge is 2.20. The van der Waals surface area contributed by atoms with Gasteiger partial charge in [-0.25, -0.2) is 0 Å². The van der Waals surface area contributed by atoms with E-state index in [2.05, 4.69) is 0 Å². The van der Waals surface area contributed by atoms with E-state index in [9.17, 15) is 9.59 Å². The molecule has 0 aliphatic carbocycles. The van der Waals surface area contributed by atoms with E-state index in [0.717, 1.165) is 12.8 Å². The van der Waals surface area contributed by atoms with Gasteiger partial charge in [0.05, 0.1) is 5.92 Å². The number of nitrogens with two attached hydrogens (primary N) is 1. The van der Waals surface area contributed by atoms with E-state index in [1.54, 1.807) is 6.92 Å². The molecule has 0 bridgehead atoms. The summed E-state index contributed by atoms with van der Waals surface area (Å²) >= 11 is 0. The van der Waals surface area contributed by atoms with Gasteiger partial charge in [0, 0.05) is 12.6 Å². The number of aliphatic carboxylic acids is 1. The molecule has 3 N–H and O–H groups in total. The first-order chi connectivity index (χ1) is 7.45. The zero-order chi connectivity index (χ0) is 12.6. The van der Waals surface area contributed by atoms with Crippen molar-refractivity contribution in [1.29, 1.82) is 0 Å². The van der Waals surface area contributed by atoms with Crippen molar-refractivity contribution in [2.45, 2.75) is 39.2 Å². The average Bonchev–Trinajstić information content (AvgIpc) is 2.14. The topological polar surface area (TPSA) is 89.6 Å². The van der Waals surface area contributed by atoms with Crippen molar-refractivity contribution >= 4 is 11.8 Å². The molecule has 0 aliphatic heterocycles. The molecule has 0 amide bonds. The van der Waals surface area contributed by atoms with Crippen molar-refractivity contribution in [3.05, 3.63) is 0 Å². The van der Waals surface area contributed by atoms with Crippen LogP contribution >= 0.6 is 0 Å². The van der Waals surface area contributed by atoms with Crippen LogP contribution in [-0.2, 0) is 14.3 Å². The van der Waals surface area contributed by atoms with Gasteiger partial charge in [-0.05, 0) is 26.7 Å². The quantitative estimate of drug-likeness (QED) is 0.573. The van der Waals surface area contributed by atoms with Gasteiger partial charge < -0.3 is 15.6 Å². The first-order valence-electron chi connectivity index (χ1n) is 5.50. The Morgan fingerprint density at radius 3 is 2.44 bits per heavy atom. The van der Waals surface area contributed by atoms with E-state index in [0.29, 0.717) is 13.0 Å². The summed E-state index contributed by atoms with van der Waals surface area (Å²) < 4.78 is 5.07. The van der Waals surface area contributed by atoms with Crippen molar-refractivity contribution in [2.75, 3.05) is 13.2 Å². The van der Waals surface area contributed by atoms with Gasteiger partial charge in [-0.2, -0.15) is 0 Å². The zero-order valence-corrected chi connectivity index (χ0v) is 9.94. The van der Waals surface area contributed by atoms with Crippen molar-refractivity contribution < 1.29 is 19.4 Å². The summed E-state index contributed by atoms with van der Waals surface area (Å²) in [4.78, 5) is 21.3. The molecular formula is C11H21NO4. The number of carbonyl (C=O) groups is 2. The third-order valence-corrected chi connectivity index (χ3v) is 2.31. The maximum absolute atomic E-state index is 10.8. The van der Waals surface area contributed by atoms with Crippen molar-refractivity contribution in [1.82, 2.24) is 0 Å². The SMILES string of the molecule is CC(=O)COCCCCC(C(=O)O)C(C)N. The van der Waals surface area contributed by atoms with Gasteiger partial charge >= 0.3 is 5.97 Å². The third kappa shape index (κ3) is 7.36. The monoisotopic (exact) mass is 231 g/mol. The molecule has 0 aromatic heterocycles.